The standard InChI is InChI=1S/C25H24N2O5/c1-26(24(28)16-27-20-10-6-7-11-21(20)32-25(27)29)15-19-12-13-22(23(14-19)30-2)31-17-18-8-4-3-5-9-18/h3-14H,15-17H2,1-2H3. The first-order valence-corrected chi connectivity index (χ1v) is 10.2. The maximum Gasteiger partial charge on any atom is 0.420 e. The van der Waals surface area contributed by atoms with Gasteiger partial charge in [-0.1, -0.05) is 48.5 Å². The molecule has 0 atom stereocenters. The lowest BCUT2D eigenvalue weighted by atomic mass is 10.2. The number of methoxy groups -OCH3 is 1. The Morgan fingerprint density at radius 3 is 2.50 bits per heavy atom. The van der Waals surface area contributed by atoms with E-state index >= 15 is 0 Å². The molecule has 4 rings (SSSR count). The molecule has 0 unspecified atom stereocenters. The number of hydrogen-bond donors (Lipinski definition) is 0. The van der Waals surface area contributed by atoms with Crippen LogP contribution in [0.15, 0.2) is 82.0 Å². The topological polar surface area (TPSA) is 73.9 Å². The second-order valence-electron chi connectivity index (χ2n) is 7.43. The molecule has 0 aliphatic carbocycles. The summed E-state index contributed by atoms with van der Waals surface area (Å²) < 4.78 is 17.9. The van der Waals surface area contributed by atoms with Crippen molar-refractivity contribution in [2.45, 2.75) is 19.7 Å². The van der Waals surface area contributed by atoms with Crippen molar-refractivity contribution in [2.24, 2.45) is 0 Å². The number of aromatic nitrogens is 1. The summed E-state index contributed by atoms with van der Waals surface area (Å²) in [6, 6.07) is 22.5. The Hall–Kier alpha value is -4.00. The van der Waals surface area contributed by atoms with Crippen LogP contribution in [0.1, 0.15) is 11.1 Å². The van der Waals surface area contributed by atoms with E-state index < -0.39 is 5.76 Å². The van der Waals surface area contributed by atoms with Crippen molar-refractivity contribution in [2.75, 3.05) is 14.2 Å². The maximum absolute atomic E-state index is 12.8. The molecule has 1 amide bonds. The van der Waals surface area contributed by atoms with E-state index in [2.05, 4.69) is 0 Å². The van der Waals surface area contributed by atoms with Crippen LogP contribution >= 0.6 is 0 Å². The van der Waals surface area contributed by atoms with Crippen LogP contribution in [0, 0.1) is 0 Å². The van der Waals surface area contributed by atoms with Gasteiger partial charge in [-0.25, -0.2) is 4.79 Å². The van der Waals surface area contributed by atoms with Gasteiger partial charge in [0, 0.05) is 13.6 Å². The number of amides is 1. The number of rotatable bonds is 8. The summed E-state index contributed by atoms with van der Waals surface area (Å²) in [6.07, 6.45) is 0. The van der Waals surface area contributed by atoms with E-state index in [1.165, 1.54) is 4.57 Å². The van der Waals surface area contributed by atoms with Crippen molar-refractivity contribution in [1.29, 1.82) is 0 Å². The van der Waals surface area contributed by atoms with Crippen LogP contribution in [0.2, 0.25) is 0 Å². The van der Waals surface area contributed by atoms with E-state index in [4.69, 9.17) is 13.9 Å². The zero-order valence-electron chi connectivity index (χ0n) is 18.0. The molecular formula is C25H24N2O5. The van der Waals surface area contributed by atoms with Crippen LogP contribution in [0.3, 0.4) is 0 Å². The molecule has 0 radical (unpaired) electrons. The predicted molar refractivity (Wildman–Crippen MR) is 121 cm³/mol. The van der Waals surface area contributed by atoms with Crippen LogP contribution in [-0.2, 0) is 24.5 Å². The van der Waals surface area contributed by atoms with Crippen LogP contribution in [0.4, 0.5) is 0 Å². The molecule has 7 heteroatoms. The molecule has 0 saturated heterocycles. The van der Waals surface area contributed by atoms with Crippen molar-refractivity contribution in [1.82, 2.24) is 9.47 Å². The van der Waals surface area contributed by atoms with E-state index in [1.54, 1.807) is 43.3 Å². The summed E-state index contributed by atoms with van der Waals surface area (Å²) in [4.78, 5) is 26.5. The van der Waals surface area contributed by atoms with Gasteiger partial charge < -0.3 is 18.8 Å². The first-order valence-electron chi connectivity index (χ1n) is 10.2. The average molecular weight is 432 g/mol. The third-order valence-corrected chi connectivity index (χ3v) is 5.18. The average Bonchev–Trinajstić information content (AvgIpc) is 3.13. The number of benzene rings is 3. The van der Waals surface area contributed by atoms with Crippen molar-refractivity contribution in [3.8, 4) is 11.5 Å². The van der Waals surface area contributed by atoms with Crippen LogP contribution in [-0.4, -0.2) is 29.5 Å². The second-order valence-corrected chi connectivity index (χ2v) is 7.43. The number of ether oxygens (including phenoxy) is 2. The van der Waals surface area contributed by atoms with Crippen LogP contribution < -0.4 is 15.2 Å². The number of carbonyl (C=O) groups is 1. The third kappa shape index (κ3) is 4.67. The van der Waals surface area contributed by atoms with Crippen molar-refractivity contribution in [3.05, 3.63) is 94.5 Å². The van der Waals surface area contributed by atoms with Crippen molar-refractivity contribution >= 4 is 17.0 Å². The third-order valence-electron chi connectivity index (χ3n) is 5.18. The Kier molecular flexibility index (Phi) is 6.26. The molecule has 7 nitrogen and oxygen atoms in total. The van der Waals surface area contributed by atoms with Crippen molar-refractivity contribution < 1.29 is 18.7 Å². The quantitative estimate of drug-likeness (QED) is 0.423. The summed E-state index contributed by atoms with van der Waals surface area (Å²) in [6.45, 7) is 0.697. The fourth-order valence-electron chi connectivity index (χ4n) is 3.45. The van der Waals surface area contributed by atoms with Crippen LogP contribution in [0.25, 0.3) is 11.1 Å². The largest absolute Gasteiger partial charge is 0.493 e. The van der Waals surface area contributed by atoms with Gasteiger partial charge >= 0.3 is 5.76 Å². The number of hydrogen-bond acceptors (Lipinski definition) is 5. The van der Waals surface area contributed by atoms with Gasteiger partial charge in [-0.2, -0.15) is 0 Å². The number of nitrogens with zero attached hydrogens (tertiary/aromatic N) is 2. The Bertz CT molecular complexity index is 1280. The molecule has 3 aromatic carbocycles. The van der Waals surface area contributed by atoms with E-state index in [0.717, 1.165) is 11.1 Å². The lowest BCUT2D eigenvalue weighted by Gasteiger charge is -2.19. The molecule has 0 N–H and O–H groups in total. The molecule has 164 valence electrons. The smallest absolute Gasteiger partial charge is 0.420 e. The van der Waals surface area contributed by atoms with E-state index in [1.807, 2.05) is 48.5 Å². The number of para-hydroxylation sites is 2. The number of likely N-dealkylation sites (N-methyl/N-ethyl adjacent to an activating group) is 1. The highest BCUT2D eigenvalue weighted by Crippen LogP contribution is 2.29. The lowest BCUT2D eigenvalue weighted by molar-refractivity contribution is -0.131. The SMILES string of the molecule is COc1cc(CN(C)C(=O)Cn2c(=O)oc3ccccc32)ccc1OCc1ccccc1. The normalized spacial score (nSPS) is 10.8. The Morgan fingerprint density at radius 1 is 0.969 bits per heavy atom. The molecule has 0 fully saturated rings. The van der Waals surface area contributed by atoms with Gasteiger partial charge in [0.15, 0.2) is 17.1 Å². The Balaban J connectivity index is 1.43. The minimum Gasteiger partial charge on any atom is -0.493 e. The minimum atomic E-state index is -0.547. The molecule has 0 bridgehead atoms. The molecule has 0 spiro atoms. The molecular weight excluding hydrogens is 408 g/mol. The van der Waals surface area contributed by atoms with Gasteiger partial charge in [0.25, 0.3) is 0 Å². The summed E-state index contributed by atoms with van der Waals surface area (Å²) in [5.41, 5.74) is 3.00. The Labute approximate surface area is 185 Å². The summed E-state index contributed by atoms with van der Waals surface area (Å²) >= 11 is 0. The zero-order chi connectivity index (χ0) is 22.5. The predicted octanol–water partition coefficient (Wildman–Crippen LogP) is 3.84. The summed E-state index contributed by atoms with van der Waals surface area (Å²) in [7, 11) is 3.28. The van der Waals surface area contributed by atoms with Crippen LogP contribution in [0.5, 0.6) is 11.5 Å². The highest BCUT2D eigenvalue weighted by molar-refractivity contribution is 5.79. The summed E-state index contributed by atoms with van der Waals surface area (Å²) in [5.74, 6) is 0.471. The molecule has 4 aromatic rings. The van der Waals surface area contributed by atoms with Gasteiger partial charge in [-0.15, -0.1) is 0 Å². The number of fused-ring (bicyclic) bond motifs is 1. The molecule has 1 aromatic heterocycles. The van der Waals surface area contributed by atoms with E-state index in [9.17, 15) is 9.59 Å². The minimum absolute atomic E-state index is 0.0955. The Morgan fingerprint density at radius 2 is 1.72 bits per heavy atom. The maximum atomic E-state index is 12.8. The van der Waals surface area contributed by atoms with Gasteiger partial charge in [-0.3, -0.25) is 9.36 Å². The van der Waals surface area contributed by atoms with E-state index in [-0.39, 0.29) is 12.5 Å². The molecule has 0 saturated carbocycles. The fourth-order valence-corrected chi connectivity index (χ4v) is 3.45. The fraction of sp³-hybridized carbons (Fsp3) is 0.200. The highest BCUT2D eigenvalue weighted by atomic mass is 16.5. The first kappa shape index (κ1) is 21.2. The van der Waals surface area contributed by atoms with Gasteiger partial charge in [0.1, 0.15) is 13.2 Å². The lowest BCUT2D eigenvalue weighted by Crippen LogP contribution is -2.32. The first-order chi connectivity index (χ1) is 15.5. The highest BCUT2D eigenvalue weighted by Gasteiger charge is 2.16. The summed E-state index contributed by atoms with van der Waals surface area (Å²) in [5, 5.41) is 0. The molecule has 32 heavy (non-hydrogen) atoms. The van der Waals surface area contributed by atoms with Gasteiger partial charge in [0.05, 0.1) is 12.6 Å². The monoisotopic (exact) mass is 432 g/mol. The molecule has 0 aliphatic heterocycles. The van der Waals surface area contributed by atoms with Gasteiger partial charge in [0.2, 0.25) is 5.91 Å². The van der Waals surface area contributed by atoms with E-state index in [0.29, 0.717) is 35.8 Å². The van der Waals surface area contributed by atoms with Crippen molar-refractivity contribution in [3.63, 3.8) is 0 Å². The number of carbonyl (C=O) groups excluding carboxylic acids is 1. The number of oxazole rings is 1. The van der Waals surface area contributed by atoms with Gasteiger partial charge in [-0.05, 0) is 35.4 Å². The molecule has 0 aliphatic rings. The zero-order valence-corrected chi connectivity index (χ0v) is 18.0. The second kappa shape index (κ2) is 9.43. The molecule has 1 heterocycles.